The number of carbonyl (C=O) groups excluding carboxylic acids is 1. The van der Waals surface area contributed by atoms with Gasteiger partial charge in [0, 0.05) is 12.2 Å². The molecule has 1 aliphatic heterocycles. The number of carbonyl (C=O) groups is 1. The number of ether oxygens (including phenoxy) is 1. The van der Waals surface area contributed by atoms with Crippen LogP contribution < -0.4 is 10.1 Å². The number of para-hydroxylation sites is 1. The molecule has 134 valence electrons. The summed E-state index contributed by atoms with van der Waals surface area (Å²) in [6.07, 6.45) is 1.75. The van der Waals surface area contributed by atoms with Crippen molar-refractivity contribution in [3.63, 3.8) is 0 Å². The van der Waals surface area contributed by atoms with Crippen LogP contribution in [0.25, 0.3) is 0 Å². The van der Waals surface area contributed by atoms with E-state index in [9.17, 15) is 4.79 Å². The third-order valence-corrected chi connectivity index (χ3v) is 4.53. The number of rotatable bonds is 6. The highest BCUT2D eigenvalue weighted by molar-refractivity contribution is 6.02. The molecule has 1 unspecified atom stereocenters. The molecule has 0 spiro atoms. The fraction of sp³-hybridized carbons (Fsp3) is 0.227. The summed E-state index contributed by atoms with van der Waals surface area (Å²) in [5.41, 5.74) is 2.78. The van der Waals surface area contributed by atoms with Gasteiger partial charge in [0.15, 0.2) is 0 Å². The lowest BCUT2D eigenvalue weighted by Crippen LogP contribution is -2.55. The molecule has 1 N–H and O–H groups in total. The Kier molecular flexibility index (Phi) is 4.85. The van der Waals surface area contributed by atoms with E-state index in [1.165, 1.54) is 0 Å². The number of fused-ring (bicyclic) bond motifs is 1. The Labute approximate surface area is 154 Å². The first-order valence-corrected chi connectivity index (χ1v) is 8.63. The fourth-order valence-electron chi connectivity index (χ4n) is 3.16. The normalized spacial score (nSPS) is 18.7. The molecule has 0 fully saturated rings. The van der Waals surface area contributed by atoms with Crippen LogP contribution in [0.15, 0.2) is 73.3 Å². The molecule has 1 amide bonds. The third kappa shape index (κ3) is 3.23. The predicted octanol–water partition coefficient (Wildman–Crippen LogP) is 4.57. The van der Waals surface area contributed by atoms with Gasteiger partial charge in [0.1, 0.15) is 18.0 Å². The zero-order valence-corrected chi connectivity index (χ0v) is 15.3. The summed E-state index contributed by atoms with van der Waals surface area (Å²) < 4.78 is 5.68. The van der Waals surface area contributed by atoms with Crippen molar-refractivity contribution in [3.05, 3.63) is 84.5 Å². The number of nitrogens with zero attached hydrogens (tertiary/aromatic N) is 1. The minimum atomic E-state index is -0.674. The number of amides is 1. The molecular formula is C22H24N2O2. The summed E-state index contributed by atoms with van der Waals surface area (Å²) in [5.74, 6) is 0.766. The summed E-state index contributed by atoms with van der Waals surface area (Å²) >= 11 is 0. The maximum atomic E-state index is 13.0. The van der Waals surface area contributed by atoms with E-state index in [0.717, 1.165) is 22.6 Å². The Bertz CT molecular complexity index is 841. The summed E-state index contributed by atoms with van der Waals surface area (Å²) in [5, 5.41) is 3.53. The van der Waals surface area contributed by atoms with Crippen molar-refractivity contribution in [2.24, 2.45) is 0 Å². The van der Waals surface area contributed by atoms with Crippen LogP contribution in [-0.4, -0.2) is 24.0 Å². The van der Waals surface area contributed by atoms with E-state index in [1.54, 1.807) is 11.0 Å². The maximum Gasteiger partial charge on any atom is 0.258 e. The molecule has 3 rings (SSSR count). The zero-order chi connectivity index (χ0) is 18.7. The van der Waals surface area contributed by atoms with Crippen LogP contribution >= 0.6 is 0 Å². The summed E-state index contributed by atoms with van der Waals surface area (Å²) in [6.45, 7) is 12.5. The molecule has 0 aromatic heterocycles. The van der Waals surface area contributed by atoms with Gasteiger partial charge >= 0.3 is 0 Å². The predicted molar refractivity (Wildman–Crippen MR) is 105 cm³/mol. The first-order chi connectivity index (χ1) is 12.5. The molecular weight excluding hydrogens is 324 g/mol. The molecule has 0 radical (unpaired) electrons. The SMILES string of the molecule is C=CCN1C(=O)c2ccccc2NC1(C)c1ccc(OCC(=C)C)cc1. The first kappa shape index (κ1) is 17.8. The smallest absolute Gasteiger partial charge is 0.258 e. The molecule has 0 aliphatic carbocycles. The lowest BCUT2D eigenvalue weighted by Gasteiger charge is -2.46. The maximum absolute atomic E-state index is 13.0. The lowest BCUT2D eigenvalue weighted by atomic mass is 9.93. The molecule has 26 heavy (non-hydrogen) atoms. The van der Waals surface area contributed by atoms with Gasteiger partial charge in [-0.3, -0.25) is 4.79 Å². The van der Waals surface area contributed by atoms with Gasteiger partial charge in [-0.2, -0.15) is 0 Å². The number of benzene rings is 2. The van der Waals surface area contributed by atoms with Gasteiger partial charge in [0.2, 0.25) is 0 Å². The van der Waals surface area contributed by atoms with Crippen molar-refractivity contribution in [2.45, 2.75) is 19.5 Å². The van der Waals surface area contributed by atoms with E-state index in [-0.39, 0.29) is 5.91 Å². The molecule has 0 bridgehead atoms. The summed E-state index contributed by atoms with van der Waals surface area (Å²) in [4.78, 5) is 14.8. The Morgan fingerprint density at radius 2 is 1.92 bits per heavy atom. The van der Waals surface area contributed by atoms with Gasteiger partial charge in [-0.25, -0.2) is 0 Å². The quantitative estimate of drug-likeness (QED) is 0.778. The second kappa shape index (κ2) is 7.08. The molecule has 1 atom stereocenters. The van der Waals surface area contributed by atoms with Gasteiger partial charge in [0.05, 0.1) is 5.56 Å². The van der Waals surface area contributed by atoms with Crippen molar-refractivity contribution in [3.8, 4) is 5.75 Å². The van der Waals surface area contributed by atoms with E-state index in [1.807, 2.05) is 62.4 Å². The van der Waals surface area contributed by atoms with Crippen molar-refractivity contribution in [2.75, 3.05) is 18.5 Å². The van der Waals surface area contributed by atoms with E-state index in [0.29, 0.717) is 18.7 Å². The largest absolute Gasteiger partial charge is 0.489 e. The highest BCUT2D eigenvalue weighted by atomic mass is 16.5. The van der Waals surface area contributed by atoms with Crippen LogP contribution in [0.3, 0.4) is 0 Å². The van der Waals surface area contributed by atoms with Crippen molar-refractivity contribution in [1.29, 1.82) is 0 Å². The Morgan fingerprint density at radius 3 is 2.58 bits per heavy atom. The Morgan fingerprint density at radius 1 is 1.23 bits per heavy atom. The van der Waals surface area contributed by atoms with Gasteiger partial charge in [-0.1, -0.05) is 36.9 Å². The monoisotopic (exact) mass is 348 g/mol. The van der Waals surface area contributed by atoms with Crippen LogP contribution in [0.5, 0.6) is 5.75 Å². The minimum absolute atomic E-state index is 0.00985. The third-order valence-electron chi connectivity index (χ3n) is 4.53. The molecule has 2 aromatic carbocycles. The minimum Gasteiger partial charge on any atom is -0.489 e. The lowest BCUT2D eigenvalue weighted by molar-refractivity contribution is 0.0572. The Balaban J connectivity index is 1.96. The van der Waals surface area contributed by atoms with Gasteiger partial charge in [-0.05, 0) is 49.2 Å². The highest BCUT2D eigenvalue weighted by Gasteiger charge is 2.41. The number of anilines is 1. The number of hydrogen-bond acceptors (Lipinski definition) is 3. The number of hydrogen-bond donors (Lipinski definition) is 1. The fourth-order valence-corrected chi connectivity index (χ4v) is 3.16. The van der Waals surface area contributed by atoms with Gasteiger partial charge in [-0.15, -0.1) is 6.58 Å². The second-order valence-corrected chi connectivity index (χ2v) is 6.72. The van der Waals surface area contributed by atoms with Crippen molar-refractivity contribution < 1.29 is 9.53 Å². The van der Waals surface area contributed by atoms with E-state index < -0.39 is 5.66 Å². The van der Waals surface area contributed by atoms with Gasteiger partial charge < -0.3 is 15.0 Å². The van der Waals surface area contributed by atoms with Gasteiger partial charge in [0.25, 0.3) is 5.91 Å². The van der Waals surface area contributed by atoms with E-state index in [4.69, 9.17) is 4.74 Å². The van der Waals surface area contributed by atoms with Crippen LogP contribution in [0, 0.1) is 0 Å². The molecule has 1 heterocycles. The highest BCUT2D eigenvalue weighted by Crippen LogP contribution is 2.38. The van der Waals surface area contributed by atoms with E-state index in [2.05, 4.69) is 18.5 Å². The van der Waals surface area contributed by atoms with Crippen LogP contribution in [0.2, 0.25) is 0 Å². The molecule has 4 nitrogen and oxygen atoms in total. The van der Waals surface area contributed by atoms with Crippen molar-refractivity contribution in [1.82, 2.24) is 4.90 Å². The Hall–Kier alpha value is -3.01. The average Bonchev–Trinajstić information content (AvgIpc) is 2.64. The van der Waals surface area contributed by atoms with Crippen molar-refractivity contribution >= 4 is 11.6 Å². The topological polar surface area (TPSA) is 41.6 Å². The van der Waals surface area contributed by atoms with Crippen LogP contribution in [0.1, 0.15) is 29.8 Å². The zero-order valence-electron chi connectivity index (χ0n) is 15.3. The summed E-state index contributed by atoms with van der Waals surface area (Å²) in [7, 11) is 0. The van der Waals surface area contributed by atoms with Crippen LogP contribution in [-0.2, 0) is 5.66 Å². The molecule has 2 aromatic rings. The summed E-state index contributed by atoms with van der Waals surface area (Å²) in [6, 6.07) is 15.4. The van der Waals surface area contributed by atoms with Crippen LogP contribution in [0.4, 0.5) is 5.69 Å². The molecule has 1 aliphatic rings. The number of nitrogens with one attached hydrogen (secondary N) is 1. The first-order valence-electron chi connectivity index (χ1n) is 8.63. The molecule has 0 saturated heterocycles. The second-order valence-electron chi connectivity index (χ2n) is 6.72. The average molecular weight is 348 g/mol. The molecule has 4 heteroatoms. The van der Waals surface area contributed by atoms with E-state index >= 15 is 0 Å². The standard InChI is InChI=1S/C22H24N2O2/c1-5-14-24-21(25)19-8-6-7-9-20(19)23-22(24,4)17-10-12-18(13-11-17)26-15-16(2)3/h5-13,23H,1-2,14-15H2,3-4H3. The molecule has 0 saturated carbocycles.